The Morgan fingerprint density at radius 1 is 1.09 bits per heavy atom. The maximum atomic E-state index is 11.7. The van der Waals surface area contributed by atoms with E-state index in [9.17, 15) is 9.59 Å². The van der Waals surface area contributed by atoms with Gasteiger partial charge < -0.3 is 15.2 Å². The summed E-state index contributed by atoms with van der Waals surface area (Å²) < 4.78 is 1.67. The number of pyridine rings is 1. The molecular formula is C18H23N3O2. The quantitative estimate of drug-likeness (QED) is 0.726. The Morgan fingerprint density at radius 2 is 1.83 bits per heavy atom. The lowest BCUT2D eigenvalue weighted by Crippen LogP contribution is -2.23. The highest BCUT2D eigenvalue weighted by atomic mass is 16.1. The lowest BCUT2D eigenvalue weighted by molar-refractivity contribution is -0.121. The molecule has 0 atom stereocenters. The van der Waals surface area contributed by atoms with E-state index < -0.39 is 0 Å². The maximum absolute atomic E-state index is 11.7. The van der Waals surface area contributed by atoms with Crippen molar-refractivity contribution < 1.29 is 4.79 Å². The third-order valence-corrected chi connectivity index (χ3v) is 3.60. The summed E-state index contributed by atoms with van der Waals surface area (Å²) in [6, 6.07) is 13.1. The van der Waals surface area contributed by atoms with E-state index in [-0.39, 0.29) is 11.5 Å². The summed E-state index contributed by atoms with van der Waals surface area (Å²) in [5, 5.41) is 5.94. The van der Waals surface area contributed by atoms with E-state index in [4.69, 9.17) is 0 Å². The van der Waals surface area contributed by atoms with Crippen LogP contribution < -0.4 is 16.2 Å². The fourth-order valence-corrected chi connectivity index (χ4v) is 2.27. The summed E-state index contributed by atoms with van der Waals surface area (Å²) >= 11 is 0. The largest absolute Gasteiger partial charge is 0.352 e. The number of rotatable bonds is 8. The molecule has 0 saturated carbocycles. The molecule has 0 aliphatic rings. The summed E-state index contributed by atoms with van der Waals surface area (Å²) in [6.07, 6.45) is 3.16. The number of benzene rings is 1. The SMILES string of the molecule is CNCCCC(=O)NCc1ccc(Cn2ccccc2=O)cc1. The Bertz CT molecular complexity index is 677. The first-order chi connectivity index (χ1) is 11.2. The molecule has 5 heteroatoms. The standard InChI is InChI=1S/C18H23N3O2/c1-19-11-4-5-17(22)20-13-15-7-9-16(10-8-15)14-21-12-3-2-6-18(21)23/h2-3,6-10,12,19H,4-5,11,13-14H2,1H3,(H,20,22). The van der Waals surface area contributed by atoms with Gasteiger partial charge in [0, 0.05) is 25.2 Å². The van der Waals surface area contributed by atoms with Crippen molar-refractivity contribution in [3.8, 4) is 0 Å². The van der Waals surface area contributed by atoms with Gasteiger partial charge in [0.1, 0.15) is 0 Å². The molecule has 0 aliphatic heterocycles. The van der Waals surface area contributed by atoms with Gasteiger partial charge in [0.05, 0.1) is 6.54 Å². The van der Waals surface area contributed by atoms with Crippen LogP contribution in [0.4, 0.5) is 0 Å². The normalized spacial score (nSPS) is 10.5. The van der Waals surface area contributed by atoms with Crippen LogP contribution in [0.3, 0.4) is 0 Å². The molecule has 1 amide bonds. The van der Waals surface area contributed by atoms with Crippen molar-refractivity contribution in [2.45, 2.75) is 25.9 Å². The molecule has 0 unspecified atom stereocenters. The maximum Gasteiger partial charge on any atom is 0.250 e. The molecule has 1 aromatic heterocycles. The van der Waals surface area contributed by atoms with Crippen molar-refractivity contribution >= 4 is 5.91 Å². The van der Waals surface area contributed by atoms with Crippen LogP contribution in [0, 0.1) is 0 Å². The van der Waals surface area contributed by atoms with Gasteiger partial charge in [-0.3, -0.25) is 9.59 Å². The minimum Gasteiger partial charge on any atom is -0.352 e. The molecule has 2 aromatic rings. The molecule has 0 bridgehead atoms. The van der Waals surface area contributed by atoms with E-state index in [1.807, 2.05) is 37.4 Å². The molecule has 1 heterocycles. The Hall–Kier alpha value is -2.40. The second-order valence-corrected chi connectivity index (χ2v) is 5.47. The number of aromatic nitrogens is 1. The molecule has 5 nitrogen and oxygen atoms in total. The molecule has 2 rings (SSSR count). The highest BCUT2D eigenvalue weighted by molar-refractivity contribution is 5.75. The molecule has 0 spiro atoms. The Morgan fingerprint density at radius 3 is 2.52 bits per heavy atom. The van der Waals surface area contributed by atoms with Gasteiger partial charge in [0.15, 0.2) is 0 Å². The van der Waals surface area contributed by atoms with Crippen LogP contribution in [0.1, 0.15) is 24.0 Å². The van der Waals surface area contributed by atoms with Gasteiger partial charge in [0.2, 0.25) is 5.91 Å². The zero-order valence-corrected chi connectivity index (χ0v) is 13.4. The minimum absolute atomic E-state index is 0.00888. The predicted octanol–water partition coefficient (Wildman–Crippen LogP) is 1.51. The lowest BCUT2D eigenvalue weighted by Gasteiger charge is -2.08. The third kappa shape index (κ3) is 5.71. The van der Waals surface area contributed by atoms with Gasteiger partial charge in [-0.2, -0.15) is 0 Å². The van der Waals surface area contributed by atoms with Crippen LogP contribution in [0.25, 0.3) is 0 Å². The van der Waals surface area contributed by atoms with Crippen molar-refractivity contribution in [1.82, 2.24) is 15.2 Å². The predicted molar refractivity (Wildman–Crippen MR) is 91.3 cm³/mol. The molecule has 0 saturated heterocycles. The number of amides is 1. The van der Waals surface area contributed by atoms with Crippen LogP contribution in [0.2, 0.25) is 0 Å². The molecule has 23 heavy (non-hydrogen) atoms. The molecule has 0 radical (unpaired) electrons. The first-order valence-electron chi connectivity index (χ1n) is 7.83. The number of nitrogens with one attached hydrogen (secondary N) is 2. The van der Waals surface area contributed by atoms with Gasteiger partial charge in [-0.15, -0.1) is 0 Å². The van der Waals surface area contributed by atoms with Crippen LogP contribution in [0.15, 0.2) is 53.5 Å². The van der Waals surface area contributed by atoms with Crippen LogP contribution >= 0.6 is 0 Å². The van der Waals surface area contributed by atoms with Gasteiger partial charge >= 0.3 is 0 Å². The molecule has 2 N–H and O–H groups in total. The molecule has 122 valence electrons. The molecule has 0 aliphatic carbocycles. The Balaban J connectivity index is 1.84. The van der Waals surface area contributed by atoms with Crippen molar-refractivity contribution in [2.24, 2.45) is 0 Å². The zero-order valence-electron chi connectivity index (χ0n) is 13.4. The number of carbonyl (C=O) groups is 1. The Labute approximate surface area is 136 Å². The summed E-state index contributed by atoms with van der Waals surface area (Å²) in [5.74, 6) is 0.0696. The Kier molecular flexibility index (Phi) is 6.56. The van der Waals surface area contributed by atoms with Crippen LogP contribution in [-0.2, 0) is 17.9 Å². The number of hydrogen-bond donors (Lipinski definition) is 2. The number of nitrogens with zero attached hydrogens (tertiary/aromatic N) is 1. The fraction of sp³-hybridized carbons (Fsp3) is 0.333. The lowest BCUT2D eigenvalue weighted by atomic mass is 10.1. The van der Waals surface area contributed by atoms with E-state index in [2.05, 4.69) is 10.6 Å². The van der Waals surface area contributed by atoms with Crippen LogP contribution in [0.5, 0.6) is 0 Å². The van der Waals surface area contributed by atoms with Crippen molar-refractivity contribution in [2.75, 3.05) is 13.6 Å². The number of carbonyl (C=O) groups excluding carboxylic acids is 1. The molecule has 1 aromatic carbocycles. The monoisotopic (exact) mass is 313 g/mol. The first-order valence-corrected chi connectivity index (χ1v) is 7.83. The topological polar surface area (TPSA) is 63.1 Å². The van der Waals surface area contributed by atoms with Gasteiger partial charge in [-0.25, -0.2) is 0 Å². The zero-order chi connectivity index (χ0) is 16.5. The van der Waals surface area contributed by atoms with Gasteiger partial charge in [-0.05, 0) is 37.2 Å². The summed E-state index contributed by atoms with van der Waals surface area (Å²) in [4.78, 5) is 23.3. The fourth-order valence-electron chi connectivity index (χ4n) is 2.27. The van der Waals surface area contributed by atoms with Crippen molar-refractivity contribution in [1.29, 1.82) is 0 Å². The smallest absolute Gasteiger partial charge is 0.250 e. The van der Waals surface area contributed by atoms with Crippen LogP contribution in [-0.4, -0.2) is 24.1 Å². The highest BCUT2D eigenvalue weighted by Crippen LogP contribution is 2.06. The highest BCUT2D eigenvalue weighted by Gasteiger charge is 2.02. The molecule has 0 fully saturated rings. The average molecular weight is 313 g/mol. The van der Waals surface area contributed by atoms with E-state index in [1.54, 1.807) is 22.9 Å². The molecular weight excluding hydrogens is 290 g/mol. The number of hydrogen-bond acceptors (Lipinski definition) is 3. The van der Waals surface area contributed by atoms with E-state index in [0.29, 0.717) is 19.5 Å². The van der Waals surface area contributed by atoms with E-state index in [0.717, 1.165) is 24.1 Å². The summed E-state index contributed by atoms with van der Waals surface area (Å²) in [5.41, 5.74) is 2.10. The van der Waals surface area contributed by atoms with E-state index >= 15 is 0 Å². The summed E-state index contributed by atoms with van der Waals surface area (Å²) in [6.45, 7) is 1.93. The average Bonchev–Trinajstić information content (AvgIpc) is 2.56. The third-order valence-electron chi connectivity index (χ3n) is 3.60. The summed E-state index contributed by atoms with van der Waals surface area (Å²) in [7, 11) is 1.88. The van der Waals surface area contributed by atoms with E-state index in [1.165, 1.54) is 0 Å². The second kappa shape index (κ2) is 8.90. The van der Waals surface area contributed by atoms with Gasteiger partial charge in [0.25, 0.3) is 5.56 Å². The van der Waals surface area contributed by atoms with Crippen molar-refractivity contribution in [3.63, 3.8) is 0 Å². The van der Waals surface area contributed by atoms with Crippen molar-refractivity contribution in [3.05, 3.63) is 70.1 Å². The minimum atomic E-state index is -0.00888. The first kappa shape index (κ1) is 17.0. The second-order valence-electron chi connectivity index (χ2n) is 5.47. The van der Waals surface area contributed by atoms with Gasteiger partial charge in [-0.1, -0.05) is 30.3 Å².